The first-order valence-electron chi connectivity index (χ1n) is 9.54. The average Bonchev–Trinajstić information content (AvgIpc) is 3.14. The third kappa shape index (κ3) is 5.39. The van der Waals surface area contributed by atoms with Crippen LogP contribution in [0.5, 0.6) is 0 Å². The van der Waals surface area contributed by atoms with Gasteiger partial charge in [0.1, 0.15) is 5.69 Å². The zero-order chi connectivity index (χ0) is 19.9. The molecule has 0 radical (unpaired) electrons. The smallest absolute Gasteiger partial charge is 0.244 e. The number of aromatic nitrogens is 3. The summed E-state index contributed by atoms with van der Waals surface area (Å²) >= 11 is 0. The van der Waals surface area contributed by atoms with Crippen molar-refractivity contribution < 1.29 is 4.79 Å². The summed E-state index contributed by atoms with van der Waals surface area (Å²) in [5.74, 6) is 0.343. The Balaban J connectivity index is 1.55. The number of carbonyl (C=O) groups excluding carboxylic acids is 1. The molecule has 28 heavy (non-hydrogen) atoms. The van der Waals surface area contributed by atoms with Crippen molar-refractivity contribution in [3.8, 4) is 0 Å². The summed E-state index contributed by atoms with van der Waals surface area (Å²) in [6.07, 6.45) is 5.00. The van der Waals surface area contributed by atoms with Gasteiger partial charge in [-0.2, -0.15) is 0 Å². The predicted octanol–water partition coefficient (Wildman–Crippen LogP) is 4.34. The van der Waals surface area contributed by atoms with Crippen molar-refractivity contribution in [2.45, 2.75) is 39.3 Å². The standard InChI is InChI=1S/C23H26N4O/c1-17(2)20-9-11-21(12-10-20)18(3)24-23(28)14-13-22-16-27(26-25-22)15-19-7-5-4-6-8-19/h4-14,16-18H,15H2,1-3H3,(H,24,28)/b14-13+. The zero-order valence-corrected chi connectivity index (χ0v) is 16.5. The highest BCUT2D eigenvalue weighted by Crippen LogP contribution is 2.18. The Morgan fingerprint density at radius 2 is 1.71 bits per heavy atom. The molecule has 0 saturated carbocycles. The number of carbonyl (C=O) groups is 1. The summed E-state index contributed by atoms with van der Waals surface area (Å²) in [7, 11) is 0. The van der Waals surface area contributed by atoms with Crippen LogP contribution in [-0.4, -0.2) is 20.9 Å². The highest BCUT2D eigenvalue weighted by Gasteiger charge is 2.08. The molecule has 5 nitrogen and oxygen atoms in total. The third-order valence-corrected chi connectivity index (χ3v) is 4.61. The van der Waals surface area contributed by atoms with E-state index in [9.17, 15) is 4.79 Å². The van der Waals surface area contributed by atoms with Gasteiger partial charge in [0, 0.05) is 6.08 Å². The molecular weight excluding hydrogens is 348 g/mol. The minimum absolute atomic E-state index is 0.0628. The van der Waals surface area contributed by atoms with Crippen LogP contribution in [0, 0.1) is 0 Å². The molecular formula is C23H26N4O. The van der Waals surface area contributed by atoms with Gasteiger partial charge in [0.05, 0.1) is 18.8 Å². The van der Waals surface area contributed by atoms with Crippen molar-refractivity contribution >= 4 is 12.0 Å². The van der Waals surface area contributed by atoms with Crippen LogP contribution in [0.15, 0.2) is 66.9 Å². The first-order valence-corrected chi connectivity index (χ1v) is 9.54. The lowest BCUT2D eigenvalue weighted by Crippen LogP contribution is -2.24. The SMILES string of the molecule is CC(C)c1ccc(C(C)NC(=O)/C=C/c2cn(Cc3ccccc3)nn2)cc1. The topological polar surface area (TPSA) is 59.8 Å². The van der Waals surface area contributed by atoms with Gasteiger partial charge in [-0.25, -0.2) is 4.68 Å². The molecule has 0 spiro atoms. The normalized spacial score (nSPS) is 12.4. The second-order valence-corrected chi connectivity index (χ2v) is 7.21. The highest BCUT2D eigenvalue weighted by atomic mass is 16.1. The first kappa shape index (κ1) is 19.5. The van der Waals surface area contributed by atoms with Gasteiger partial charge in [-0.05, 0) is 35.6 Å². The van der Waals surface area contributed by atoms with Gasteiger partial charge in [0.2, 0.25) is 5.91 Å². The summed E-state index contributed by atoms with van der Waals surface area (Å²) in [6, 6.07) is 18.4. The van der Waals surface area contributed by atoms with Gasteiger partial charge in [0.25, 0.3) is 0 Å². The maximum atomic E-state index is 12.2. The van der Waals surface area contributed by atoms with Crippen LogP contribution in [0.4, 0.5) is 0 Å². The second kappa shape index (κ2) is 9.13. The van der Waals surface area contributed by atoms with Crippen molar-refractivity contribution in [1.29, 1.82) is 0 Å². The molecule has 0 fully saturated rings. The molecule has 1 amide bonds. The molecule has 144 valence electrons. The summed E-state index contributed by atoms with van der Waals surface area (Å²) in [5, 5.41) is 11.2. The molecule has 0 bridgehead atoms. The summed E-state index contributed by atoms with van der Waals surface area (Å²) in [5.41, 5.74) is 4.18. The molecule has 0 saturated heterocycles. The van der Waals surface area contributed by atoms with Crippen LogP contribution >= 0.6 is 0 Å². The average molecular weight is 374 g/mol. The molecule has 5 heteroatoms. The minimum atomic E-state index is -0.155. The Morgan fingerprint density at radius 1 is 1.04 bits per heavy atom. The number of nitrogens with zero attached hydrogens (tertiary/aromatic N) is 3. The van der Waals surface area contributed by atoms with Crippen molar-refractivity contribution in [2.24, 2.45) is 0 Å². The van der Waals surface area contributed by atoms with E-state index in [0.29, 0.717) is 18.2 Å². The first-order chi connectivity index (χ1) is 13.5. The summed E-state index contributed by atoms with van der Waals surface area (Å²) in [6.45, 7) is 6.96. The van der Waals surface area contributed by atoms with E-state index in [2.05, 4.69) is 53.7 Å². The lowest BCUT2D eigenvalue weighted by Gasteiger charge is -2.14. The highest BCUT2D eigenvalue weighted by molar-refractivity contribution is 5.91. The Morgan fingerprint density at radius 3 is 2.39 bits per heavy atom. The Hall–Kier alpha value is -3.21. The van der Waals surface area contributed by atoms with Gasteiger partial charge in [0.15, 0.2) is 0 Å². The van der Waals surface area contributed by atoms with Crippen LogP contribution in [-0.2, 0) is 11.3 Å². The molecule has 3 aromatic rings. The van der Waals surface area contributed by atoms with Crippen LogP contribution in [0.25, 0.3) is 6.08 Å². The van der Waals surface area contributed by atoms with Gasteiger partial charge in [-0.15, -0.1) is 5.10 Å². The van der Waals surface area contributed by atoms with Gasteiger partial charge < -0.3 is 5.32 Å². The molecule has 3 rings (SSSR count). The van der Waals surface area contributed by atoms with E-state index in [1.54, 1.807) is 10.8 Å². The molecule has 0 aliphatic heterocycles. The molecule has 0 aliphatic rings. The predicted molar refractivity (Wildman–Crippen MR) is 112 cm³/mol. The number of nitrogens with one attached hydrogen (secondary N) is 1. The van der Waals surface area contributed by atoms with E-state index < -0.39 is 0 Å². The van der Waals surface area contributed by atoms with E-state index >= 15 is 0 Å². The van der Waals surface area contributed by atoms with Crippen molar-refractivity contribution in [3.63, 3.8) is 0 Å². The third-order valence-electron chi connectivity index (χ3n) is 4.61. The maximum absolute atomic E-state index is 12.2. The molecule has 1 atom stereocenters. The van der Waals surface area contributed by atoms with Crippen LogP contribution in [0.2, 0.25) is 0 Å². The van der Waals surface area contributed by atoms with E-state index in [1.165, 1.54) is 11.6 Å². The van der Waals surface area contributed by atoms with Gasteiger partial charge in [-0.1, -0.05) is 73.7 Å². The quantitative estimate of drug-likeness (QED) is 0.626. The summed E-state index contributed by atoms with van der Waals surface area (Å²) in [4.78, 5) is 12.2. The van der Waals surface area contributed by atoms with Crippen molar-refractivity contribution in [1.82, 2.24) is 20.3 Å². The van der Waals surface area contributed by atoms with Crippen molar-refractivity contribution in [3.05, 3.63) is 89.3 Å². The lowest BCUT2D eigenvalue weighted by atomic mass is 9.99. The second-order valence-electron chi connectivity index (χ2n) is 7.21. The number of rotatable bonds is 7. The minimum Gasteiger partial charge on any atom is -0.346 e. The molecule has 1 unspecified atom stereocenters. The van der Waals surface area contributed by atoms with Crippen LogP contribution in [0.3, 0.4) is 0 Å². The van der Waals surface area contributed by atoms with Gasteiger partial charge >= 0.3 is 0 Å². The van der Waals surface area contributed by atoms with Crippen LogP contribution < -0.4 is 5.32 Å². The fourth-order valence-corrected chi connectivity index (χ4v) is 2.91. The van der Waals surface area contributed by atoms with Gasteiger partial charge in [-0.3, -0.25) is 4.79 Å². The number of hydrogen-bond acceptors (Lipinski definition) is 3. The maximum Gasteiger partial charge on any atom is 0.244 e. The fourth-order valence-electron chi connectivity index (χ4n) is 2.91. The van der Waals surface area contributed by atoms with E-state index in [0.717, 1.165) is 11.1 Å². The molecule has 1 N–H and O–H groups in total. The zero-order valence-electron chi connectivity index (χ0n) is 16.5. The van der Waals surface area contributed by atoms with Crippen LogP contribution in [0.1, 0.15) is 55.1 Å². The lowest BCUT2D eigenvalue weighted by molar-refractivity contribution is -0.117. The van der Waals surface area contributed by atoms with Crippen molar-refractivity contribution in [2.75, 3.05) is 0 Å². The molecule has 1 aromatic heterocycles. The molecule has 2 aromatic carbocycles. The van der Waals surface area contributed by atoms with E-state index in [-0.39, 0.29) is 11.9 Å². The Bertz CT molecular complexity index is 927. The van der Waals surface area contributed by atoms with E-state index in [1.807, 2.05) is 43.5 Å². The number of hydrogen-bond donors (Lipinski definition) is 1. The summed E-state index contributed by atoms with van der Waals surface area (Å²) < 4.78 is 1.76. The largest absolute Gasteiger partial charge is 0.346 e. The van der Waals surface area contributed by atoms with E-state index in [4.69, 9.17) is 0 Å². The number of benzene rings is 2. The Labute approximate surface area is 166 Å². The fraction of sp³-hybridized carbons (Fsp3) is 0.261. The molecule has 1 heterocycles. The Kier molecular flexibility index (Phi) is 6.37. The molecule has 0 aliphatic carbocycles. The number of amides is 1. The monoisotopic (exact) mass is 374 g/mol.